The third-order valence-electron chi connectivity index (χ3n) is 5.74. The first-order chi connectivity index (χ1) is 15.3. The standard InChI is InChI=1S/C22H28N4O5S/c1-16-2-4-18(32(23,28)29)15-19(16)22(27)24-20-5-3-17(25-6-10-30-11-7-25)14-21(20)26-8-12-31-13-9-26/h2-5,14-15H,6-13H2,1H3,(H,24,27)(H2,23,28,29). The van der Waals surface area contributed by atoms with Gasteiger partial charge in [0.1, 0.15) is 0 Å². The Balaban J connectivity index is 1.65. The minimum absolute atomic E-state index is 0.0932. The zero-order valence-electron chi connectivity index (χ0n) is 18.0. The van der Waals surface area contributed by atoms with Crippen molar-refractivity contribution < 1.29 is 22.7 Å². The van der Waals surface area contributed by atoms with Gasteiger partial charge in [0.05, 0.1) is 42.7 Å². The molecule has 3 N–H and O–H groups in total. The van der Waals surface area contributed by atoms with Crippen LogP contribution in [0.5, 0.6) is 0 Å². The number of benzene rings is 2. The average molecular weight is 461 g/mol. The van der Waals surface area contributed by atoms with Crippen molar-refractivity contribution in [2.45, 2.75) is 11.8 Å². The second-order valence-electron chi connectivity index (χ2n) is 7.88. The lowest BCUT2D eigenvalue weighted by Gasteiger charge is -2.33. The molecule has 0 radical (unpaired) electrons. The smallest absolute Gasteiger partial charge is 0.256 e. The Morgan fingerprint density at radius 3 is 2.19 bits per heavy atom. The predicted octanol–water partition coefficient (Wildman–Crippen LogP) is 1.57. The van der Waals surface area contributed by atoms with Crippen LogP contribution in [0, 0.1) is 6.92 Å². The summed E-state index contributed by atoms with van der Waals surface area (Å²) < 4.78 is 34.4. The van der Waals surface area contributed by atoms with Crippen molar-refractivity contribution in [2.75, 3.05) is 67.7 Å². The Labute approximate surface area is 188 Å². The van der Waals surface area contributed by atoms with Gasteiger partial charge in [-0.05, 0) is 42.8 Å². The van der Waals surface area contributed by atoms with E-state index < -0.39 is 10.0 Å². The summed E-state index contributed by atoms with van der Waals surface area (Å²) in [6.07, 6.45) is 0. The van der Waals surface area contributed by atoms with E-state index in [-0.39, 0.29) is 16.4 Å². The Hall–Kier alpha value is -2.66. The fourth-order valence-electron chi connectivity index (χ4n) is 3.92. The lowest BCUT2D eigenvalue weighted by atomic mass is 10.1. The molecule has 0 unspecified atom stereocenters. The summed E-state index contributed by atoms with van der Waals surface area (Å²) in [6.45, 7) is 7.42. The molecule has 2 saturated heterocycles. The van der Waals surface area contributed by atoms with Gasteiger partial charge in [0.15, 0.2) is 0 Å². The van der Waals surface area contributed by atoms with Crippen LogP contribution in [0.2, 0.25) is 0 Å². The van der Waals surface area contributed by atoms with Crippen LogP contribution in [-0.4, -0.2) is 66.9 Å². The van der Waals surface area contributed by atoms with Gasteiger partial charge >= 0.3 is 0 Å². The number of primary sulfonamides is 1. The monoisotopic (exact) mass is 460 g/mol. The molecule has 0 aromatic heterocycles. The number of nitrogens with two attached hydrogens (primary N) is 1. The van der Waals surface area contributed by atoms with Crippen molar-refractivity contribution in [2.24, 2.45) is 5.14 Å². The highest BCUT2D eigenvalue weighted by Crippen LogP contribution is 2.33. The molecule has 2 aliphatic heterocycles. The second kappa shape index (κ2) is 9.45. The molecule has 0 saturated carbocycles. The number of carbonyl (C=O) groups is 1. The molecule has 0 aliphatic carbocycles. The summed E-state index contributed by atoms with van der Waals surface area (Å²) in [7, 11) is -3.91. The lowest BCUT2D eigenvalue weighted by molar-refractivity contribution is 0.102. The number of sulfonamides is 1. The first-order valence-corrected chi connectivity index (χ1v) is 12.1. The maximum atomic E-state index is 13.1. The number of ether oxygens (including phenoxy) is 2. The third-order valence-corrected chi connectivity index (χ3v) is 6.65. The first-order valence-electron chi connectivity index (χ1n) is 10.6. The molecule has 0 spiro atoms. The van der Waals surface area contributed by atoms with E-state index in [0.29, 0.717) is 37.7 Å². The summed E-state index contributed by atoms with van der Waals surface area (Å²) in [5.41, 5.74) is 3.56. The number of anilines is 3. The Morgan fingerprint density at radius 1 is 0.938 bits per heavy atom. The Kier molecular flexibility index (Phi) is 6.66. The highest BCUT2D eigenvalue weighted by atomic mass is 32.2. The Morgan fingerprint density at radius 2 is 1.56 bits per heavy atom. The van der Waals surface area contributed by atoms with Crippen LogP contribution in [0.15, 0.2) is 41.3 Å². The summed E-state index contributed by atoms with van der Waals surface area (Å²) in [5.74, 6) is -0.387. The summed E-state index contributed by atoms with van der Waals surface area (Å²) in [5, 5.41) is 8.22. The van der Waals surface area contributed by atoms with E-state index in [0.717, 1.165) is 37.6 Å². The molecular formula is C22H28N4O5S. The van der Waals surface area contributed by atoms with Crippen LogP contribution < -0.4 is 20.3 Å². The molecule has 172 valence electrons. The number of nitrogens with zero attached hydrogens (tertiary/aromatic N) is 2. The number of rotatable bonds is 5. The normalized spacial score (nSPS) is 17.3. The van der Waals surface area contributed by atoms with E-state index in [1.165, 1.54) is 12.1 Å². The van der Waals surface area contributed by atoms with Gasteiger partial charge in [-0.2, -0.15) is 0 Å². The maximum absolute atomic E-state index is 13.1. The Bertz CT molecular complexity index is 1090. The zero-order chi connectivity index (χ0) is 22.7. The van der Waals surface area contributed by atoms with Gasteiger partial charge in [0, 0.05) is 37.4 Å². The molecule has 32 heavy (non-hydrogen) atoms. The molecule has 2 heterocycles. The quantitative estimate of drug-likeness (QED) is 0.696. The van der Waals surface area contributed by atoms with Gasteiger partial charge in [0.2, 0.25) is 10.0 Å². The highest BCUT2D eigenvalue weighted by molar-refractivity contribution is 7.89. The number of hydrogen-bond donors (Lipinski definition) is 2. The minimum Gasteiger partial charge on any atom is -0.378 e. The minimum atomic E-state index is -3.91. The van der Waals surface area contributed by atoms with Crippen LogP contribution in [0.1, 0.15) is 15.9 Å². The molecule has 0 atom stereocenters. The number of nitrogens with one attached hydrogen (secondary N) is 1. The van der Waals surface area contributed by atoms with Crippen molar-refractivity contribution in [3.05, 3.63) is 47.5 Å². The fourth-order valence-corrected chi connectivity index (χ4v) is 4.46. The van der Waals surface area contributed by atoms with E-state index in [4.69, 9.17) is 14.6 Å². The number of morpholine rings is 2. The molecule has 9 nitrogen and oxygen atoms in total. The van der Waals surface area contributed by atoms with E-state index in [2.05, 4.69) is 21.2 Å². The topological polar surface area (TPSA) is 114 Å². The van der Waals surface area contributed by atoms with E-state index in [9.17, 15) is 13.2 Å². The number of carbonyl (C=O) groups excluding carboxylic acids is 1. The van der Waals surface area contributed by atoms with E-state index >= 15 is 0 Å². The number of aryl methyl sites for hydroxylation is 1. The summed E-state index contributed by atoms with van der Waals surface area (Å²) in [4.78, 5) is 17.5. The van der Waals surface area contributed by atoms with Crippen molar-refractivity contribution in [3.63, 3.8) is 0 Å². The second-order valence-corrected chi connectivity index (χ2v) is 9.44. The SMILES string of the molecule is Cc1ccc(S(N)(=O)=O)cc1C(=O)Nc1ccc(N2CCOCC2)cc1N1CCOCC1. The van der Waals surface area contributed by atoms with Gasteiger partial charge in [-0.15, -0.1) is 0 Å². The van der Waals surface area contributed by atoms with Gasteiger partial charge in [-0.1, -0.05) is 6.07 Å². The van der Waals surface area contributed by atoms with Crippen molar-refractivity contribution in [3.8, 4) is 0 Å². The molecule has 2 aromatic carbocycles. The van der Waals surface area contributed by atoms with Gasteiger partial charge < -0.3 is 24.6 Å². The predicted molar refractivity (Wildman–Crippen MR) is 123 cm³/mol. The van der Waals surface area contributed by atoms with E-state index in [1.54, 1.807) is 13.0 Å². The molecule has 0 bridgehead atoms. The fraction of sp³-hybridized carbons (Fsp3) is 0.409. The highest BCUT2D eigenvalue weighted by Gasteiger charge is 2.21. The van der Waals surface area contributed by atoms with E-state index in [1.807, 2.05) is 12.1 Å². The summed E-state index contributed by atoms with van der Waals surface area (Å²) in [6, 6.07) is 10.3. The van der Waals surface area contributed by atoms with Gasteiger partial charge in [0.25, 0.3) is 5.91 Å². The van der Waals surface area contributed by atoms with Gasteiger partial charge in [-0.25, -0.2) is 13.6 Å². The first kappa shape index (κ1) is 22.5. The van der Waals surface area contributed by atoms with Crippen LogP contribution in [-0.2, 0) is 19.5 Å². The van der Waals surface area contributed by atoms with Crippen molar-refractivity contribution in [1.29, 1.82) is 0 Å². The summed E-state index contributed by atoms with van der Waals surface area (Å²) >= 11 is 0. The molecule has 2 aromatic rings. The van der Waals surface area contributed by atoms with Crippen LogP contribution >= 0.6 is 0 Å². The van der Waals surface area contributed by atoms with Crippen LogP contribution in [0.4, 0.5) is 17.1 Å². The lowest BCUT2D eigenvalue weighted by Crippen LogP contribution is -2.38. The van der Waals surface area contributed by atoms with Crippen molar-refractivity contribution >= 4 is 33.0 Å². The largest absolute Gasteiger partial charge is 0.378 e. The van der Waals surface area contributed by atoms with Crippen LogP contribution in [0.3, 0.4) is 0 Å². The molecular weight excluding hydrogens is 432 g/mol. The average Bonchev–Trinajstić information content (AvgIpc) is 2.80. The molecule has 1 amide bonds. The zero-order valence-corrected chi connectivity index (χ0v) is 18.9. The third kappa shape index (κ3) is 5.04. The maximum Gasteiger partial charge on any atom is 0.256 e. The van der Waals surface area contributed by atoms with Crippen LogP contribution in [0.25, 0.3) is 0 Å². The molecule has 10 heteroatoms. The molecule has 2 aliphatic rings. The van der Waals surface area contributed by atoms with Gasteiger partial charge in [-0.3, -0.25) is 4.79 Å². The van der Waals surface area contributed by atoms with Crippen molar-refractivity contribution in [1.82, 2.24) is 0 Å². The number of amides is 1. The number of hydrogen-bond acceptors (Lipinski definition) is 7. The molecule has 2 fully saturated rings. The molecule has 4 rings (SSSR count).